The van der Waals surface area contributed by atoms with E-state index in [-0.39, 0.29) is 12.2 Å². The van der Waals surface area contributed by atoms with Crippen LogP contribution >= 0.6 is 15.9 Å². The second-order valence-corrected chi connectivity index (χ2v) is 4.36. The van der Waals surface area contributed by atoms with Gasteiger partial charge < -0.3 is 5.73 Å². The number of halogens is 3. The first-order valence-corrected chi connectivity index (χ1v) is 5.73. The molecule has 0 fully saturated rings. The second kappa shape index (κ2) is 4.93. The van der Waals surface area contributed by atoms with Gasteiger partial charge in [0.25, 0.3) is 6.43 Å². The van der Waals surface area contributed by atoms with E-state index in [1.807, 2.05) is 0 Å². The van der Waals surface area contributed by atoms with Crippen molar-refractivity contribution in [3.05, 3.63) is 46.2 Å². The Morgan fingerprint density at radius 2 is 1.94 bits per heavy atom. The first-order valence-electron chi connectivity index (χ1n) is 4.94. The third kappa shape index (κ3) is 2.37. The molecule has 0 aliphatic carbocycles. The maximum Gasteiger partial charge on any atom is 0.280 e. The fraction of sp³-hybridized carbons (Fsp3) is 0.182. The third-order valence-corrected chi connectivity index (χ3v) is 2.91. The third-order valence-electron chi connectivity index (χ3n) is 2.38. The van der Waals surface area contributed by atoms with Crippen LogP contribution in [0.15, 0.2) is 34.9 Å². The van der Waals surface area contributed by atoms with Gasteiger partial charge in [0, 0.05) is 16.6 Å². The van der Waals surface area contributed by atoms with Gasteiger partial charge in [0.05, 0.1) is 11.9 Å². The van der Waals surface area contributed by atoms with Crippen molar-refractivity contribution in [1.82, 2.24) is 9.78 Å². The summed E-state index contributed by atoms with van der Waals surface area (Å²) in [5.41, 5.74) is 6.22. The highest BCUT2D eigenvalue weighted by Crippen LogP contribution is 2.26. The zero-order valence-corrected chi connectivity index (χ0v) is 10.4. The van der Waals surface area contributed by atoms with Gasteiger partial charge in [-0.15, -0.1) is 0 Å². The number of hydrogen-bond donors (Lipinski definition) is 1. The molecule has 0 atom stereocenters. The molecule has 0 amide bonds. The van der Waals surface area contributed by atoms with Gasteiger partial charge in [0.2, 0.25) is 0 Å². The minimum Gasteiger partial charge on any atom is -0.326 e. The smallest absolute Gasteiger partial charge is 0.280 e. The van der Waals surface area contributed by atoms with Gasteiger partial charge in [0.1, 0.15) is 5.69 Å². The van der Waals surface area contributed by atoms with E-state index in [0.29, 0.717) is 11.3 Å². The molecule has 0 spiro atoms. The van der Waals surface area contributed by atoms with Crippen LogP contribution in [-0.2, 0) is 6.54 Å². The molecule has 0 aliphatic rings. The molecule has 0 aliphatic heterocycles. The Bertz CT molecular complexity index is 508. The summed E-state index contributed by atoms with van der Waals surface area (Å²) in [6.07, 6.45) is -1.22. The van der Waals surface area contributed by atoms with Gasteiger partial charge in [0.15, 0.2) is 0 Å². The van der Waals surface area contributed by atoms with E-state index in [1.54, 1.807) is 24.3 Å². The van der Waals surface area contributed by atoms with Crippen molar-refractivity contribution >= 4 is 15.9 Å². The van der Waals surface area contributed by atoms with Crippen LogP contribution in [0, 0.1) is 0 Å². The summed E-state index contributed by atoms with van der Waals surface area (Å²) in [5.74, 6) is 0. The Morgan fingerprint density at radius 1 is 1.29 bits per heavy atom. The molecule has 0 unspecified atom stereocenters. The summed E-state index contributed by atoms with van der Waals surface area (Å²) in [4.78, 5) is 0. The SMILES string of the molecule is NCc1cnn(-c2ccc(Br)cc2)c1C(F)F. The van der Waals surface area contributed by atoms with E-state index in [4.69, 9.17) is 5.73 Å². The van der Waals surface area contributed by atoms with Gasteiger partial charge in [-0.2, -0.15) is 5.10 Å². The highest BCUT2D eigenvalue weighted by atomic mass is 79.9. The topological polar surface area (TPSA) is 43.8 Å². The molecule has 2 rings (SSSR count). The molecular weight excluding hydrogens is 292 g/mol. The zero-order chi connectivity index (χ0) is 12.4. The van der Waals surface area contributed by atoms with E-state index < -0.39 is 6.43 Å². The quantitative estimate of drug-likeness (QED) is 0.947. The fourth-order valence-corrected chi connectivity index (χ4v) is 1.83. The number of hydrogen-bond acceptors (Lipinski definition) is 2. The van der Waals surface area contributed by atoms with E-state index in [0.717, 1.165) is 4.47 Å². The van der Waals surface area contributed by atoms with E-state index in [2.05, 4.69) is 21.0 Å². The van der Waals surface area contributed by atoms with Gasteiger partial charge in [-0.05, 0) is 24.3 Å². The molecule has 1 heterocycles. The van der Waals surface area contributed by atoms with Crippen LogP contribution < -0.4 is 5.73 Å². The van der Waals surface area contributed by atoms with Crippen molar-refractivity contribution in [2.24, 2.45) is 5.73 Å². The monoisotopic (exact) mass is 301 g/mol. The molecule has 0 bridgehead atoms. The lowest BCUT2D eigenvalue weighted by Gasteiger charge is -2.08. The molecule has 1 aromatic carbocycles. The fourth-order valence-electron chi connectivity index (χ4n) is 1.57. The molecule has 3 nitrogen and oxygen atoms in total. The van der Waals surface area contributed by atoms with Gasteiger partial charge >= 0.3 is 0 Å². The number of nitrogens with two attached hydrogens (primary N) is 1. The van der Waals surface area contributed by atoms with Crippen LogP contribution in [0.25, 0.3) is 5.69 Å². The van der Waals surface area contributed by atoms with E-state index in [1.165, 1.54) is 10.9 Å². The maximum absolute atomic E-state index is 12.9. The van der Waals surface area contributed by atoms with Crippen LogP contribution in [-0.4, -0.2) is 9.78 Å². The van der Waals surface area contributed by atoms with E-state index >= 15 is 0 Å². The van der Waals surface area contributed by atoms with Crippen molar-refractivity contribution in [2.75, 3.05) is 0 Å². The van der Waals surface area contributed by atoms with Crippen LogP contribution in [0.4, 0.5) is 8.78 Å². The molecule has 2 aromatic rings. The molecule has 0 radical (unpaired) electrons. The van der Waals surface area contributed by atoms with Gasteiger partial charge in [-0.25, -0.2) is 13.5 Å². The van der Waals surface area contributed by atoms with Crippen molar-refractivity contribution in [3.63, 3.8) is 0 Å². The lowest BCUT2D eigenvalue weighted by molar-refractivity contribution is 0.141. The Labute approximate surface area is 105 Å². The molecule has 1 aromatic heterocycles. The van der Waals surface area contributed by atoms with E-state index in [9.17, 15) is 8.78 Å². The molecule has 6 heteroatoms. The highest BCUT2D eigenvalue weighted by Gasteiger charge is 2.19. The highest BCUT2D eigenvalue weighted by molar-refractivity contribution is 9.10. The number of aromatic nitrogens is 2. The Kier molecular flexibility index (Phi) is 3.54. The van der Waals surface area contributed by atoms with Gasteiger partial charge in [-0.3, -0.25) is 0 Å². The summed E-state index contributed by atoms with van der Waals surface area (Å²) in [7, 11) is 0. The van der Waals surface area contributed by atoms with Crippen LogP contribution in [0.3, 0.4) is 0 Å². The molecular formula is C11H10BrF2N3. The molecule has 2 N–H and O–H groups in total. The molecule has 0 saturated heterocycles. The number of benzene rings is 1. The summed E-state index contributed by atoms with van der Waals surface area (Å²) in [6.45, 7) is 0.0518. The zero-order valence-electron chi connectivity index (χ0n) is 8.78. The predicted molar refractivity (Wildman–Crippen MR) is 64.1 cm³/mol. The van der Waals surface area contributed by atoms with Gasteiger partial charge in [-0.1, -0.05) is 15.9 Å². The number of rotatable bonds is 3. The summed E-state index contributed by atoms with van der Waals surface area (Å²) < 4.78 is 28.0. The lowest BCUT2D eigenvalue weighted by Crippen LogP contribution is -2.06. The van der Waals surface area contributed by atoms with Crippen LogP contribution in [0.5, 0.6) is 0 Å². The predicted octanol–water partition coefficient (Wildman–Crippen LogP) is 3.03. The largest absolute Gasteiger partial charge is 0.326 e. The minimum atomic E-state index is -2.60. The van der Waals surface area contributed by atoms with Crippen molar-refractivity contribution in [2.45, 2.75) is 13.0 Å². The van der Waals surface area contributed by atoms with Crippen LogP contribution in [0.1, 0.15) is 17.7 Å². The van der Waals surface area contributed by atoms with Crippen molar-refractivity contribution in [3.8, 4) is 5.69 Å². The maximum atomic E-state index is 12.9. The molecule has 17 heavy (non-hydrogen) atoms. The second-order valence-electron chi connectivity index (χ2n) is 3.45. The first-order chi connectivity index (χ1) is 8.13. The summed E-state index contributed by atoms with van der Waals surface area (Å²) in [5, 5.41) is 3.95. The Balaban J connectivity index is 2.51. The molecule has 90 valence electrons. The molecule has 0 saturated carbocycles. The average Bonchev–Trinajstić information content (AvgIpc) is 2.73. The summed E-state index contributed by atoms with van der Waals surface area (Å²) in [6, 6.07) is 6.97. The Morgan fingerprint density at radius 3 is 2.47 bits per heavy atom. The number of alkyl halides is 2. The summed E-state index contributed by atoms with van der Waals surface area (Å²) >= 11 is 3.29. The normalized spacial score (nSPS) is 11.1. The lowest BCUT2D eigenvalue weighted by atomic mass is 10.2. The van der Waals surface area contributed by atoms with Crippen molar-refractivity contribution < 1.29 is 8.78 Å². The number of nitrogens with zero attached hydrogens (tertiary/aromatic N) is 2. The van der Waals surface area contributed by atoms with Crippen molar-refractivity contribution in [1.29, 1.82) is 0 Å². The Hall–Kier alpha value is -1.27. The minimum absolute atomic E-state index is 0.0518. The average molecular weight is 302 g/mol. The standard InChI is InChI=1S/C11H10BrF2N3/c12-8-1-3-9(4-2-8)17-10(11(13)14)7(5-15)6-16-17/h1-4,6,11H,5,15H2. The first kappa shape index (κ1) is 12.2. The van der Waals surface area contributed by atoms with Crippen LogP contribution in [0.2, 0.25) is 0 Å².